The molecule has 19 heavy (non-hydrogen) atoms. The minimum Gasteiger partial charge on any atom is -0.377 e. The van der Waals surface area contributed by atoms with Crippen LogP contribution < -0.4 is 11.3 Å². The summed E-state index contributed by atoms with van der Waals surface area (Å²) < 4.78 is 19.4. The summed E-state index contributed by atoms with van der Waals surface area (Å²) in [4.78, 5) is 0. The number of halogens is 2. The number of ether oxygens (including phenoxy) is 1. The van der Waals surface area contributed by atoms with E-state index in [9.17, 15) is 4.39 Å². The average Bonchev–Trinajstić information content (AvgIpc) is 2.43. The second-order valence-electron chi connectivity index (χ2n) is 4.64. The molecule has 1 aromatic carbocycles. The van der Waals surface area contributed by atoms with Crippen LogP contribution in [0.15, 0.2) is 18.2 Å². The quantitative estimate of drug-likeness (QED) is 0.599. The van der Waals surface area contributed by atoms with Crippen LogP contribution in [0.5, 0.6) is 0 Å². The largest absolute Gasteiger partial charge is 0.377 e. The van der Waals surface area contributed by atoms with Crippen molar-refractivity contribution < 1.29 is 9.13 Å². The van der Waals surface area contributed by atoms with E-state index in [1.165, 1.54) is 12.1 Å². The van der Waals surface area contributed by atoms with Crippen LogP contribution in [0.2, 0.25) is 5.02 Å². The Balaban J connectivity index is 3.01. The zero-order chi connectivity index (χ0) is 14.5. The number of benzene rings is 1. The van der Waals surface area contributed by atoms with E-state index in [1.54, 1.807) is 13.2 Å². The highest BCUT2D eigenvalue weighted by Crippen LogP contribution is 2.27. The summed E-state index contributed by atoms with van der Waals surface area (Å²) in [7, 11) is 1.66. The highest BCUT2D eigenvalue weighted by molar-refractivity contribution is 6.30. The molecule has 1 atom stereocenters. The fraction of sp³-hybridized carbons (Fsp3) is 0.571. The second-order valence-corrected chi connectivity index (χ2v) is 5.07. The Morgan fingerprint density at radius 3 is 2.53 bits per heavy atom. The van der Waals surface area contributed by atoms with Gasteiger partial charge in [-0.1, -0.05) is 25.4 Å². The molecule has 0 saturated heterocycles. The van der Waals surface area contributed by atoms with Gasteiger partial charge in [0.2, 0.25) is 0 Å². The highest BCUT2D eigenvalue weighted by atomic mass is 35.5. The number of hydrazine groups is 1. The van der Waals surface area contributed by atoms with Crippen LogP contribution in [-0.2, 0) is 11.2 Å². The minimum absolute atomic E-state index is 0.180. The van der Waals surface area contributed by atoms with Crippen LogP contribution in [0.25, 0.3) is 0 Å². The van der Waals surface area contributed by atoms with E-state index < -0.39 is 5.60 Å². The van der Waals surface area contributed by atoms with E-state index in [-0.39, 0.29) is 11.9 Å². The monoisotopic (exact) mass is 288 g/mol. The maximum absolute atomic E-state index is 13.8. The van der Waals surface area contributed by atoms with E-state index in [2.05, 4.69) is 5.43 Å². The summed E-state index contributed by atoms with van der Waals surface area (Å²) in [5.74, 6) is 5.36. The van der Waals surface area contributed by atoms with Gasteiger partial charge in [-0.15, -0.1) is 0 Å². The van der Waals surface area contributed by atoms with Gasteiger partial charge in [-0.2, -0.15) is 0 Å². The molecular formula is C14H22ClFN2O. The van der Waals surface area contributed by atoms with Crippen molar-refractivity contribution in [3.63, 3.8) is 0 Å². The molecular weight excluding hydrogens is 267 g/mol. The van der Waals surface area contributed by atoms with Gasteiger partial charge >= 0.3 is 0 Å². The van der Waals surface area contributed by atoms with Crippen molar-refractivity contribution in [2.75, 3.05) is 7.11 Å². The Bertz CT molecular complexity index is 402. The molecule has 0 amide bonds. The standard InChI is InChI=1S/C14H22ClFN2O/c1-4-14(5-2,19-3)13(18-17)9-10-8-11(15)6-7-12(10)16/h6-8,13,18H,4-5,9,17H2,1-3H3. The smallest absolute Gasteiger partial charge is 0.126 e. The highest BCUT2D eigenvalue weighted by Gasteiger charge is 2.35. The third-order valence-corrected chi connectivity index (χ3v) is 4.11. The molecule has 0 aliphatic heterocycles. The minimum atomic E-state index is -0.413. The molecule has 0 aliphatic rings. The maximum atomic E-state index is 13.8. The van der Waals surface area contributed by atoms with Crippen molar-refractivity contribution in [2.45, 2.75) is 44.8 Å². The number of hydrogen-bond acceptors (Lipinski definition) is 3. The number of rotatable bonds is 7. The van der Waals surface area contributed by atoms with Gasteiger partial charge in [-0.25, -0.2) is 4.39 Å². The first kappa shape index (κ1) is 16.4. The van der Waals surface area contributed by atoms with Crippen molar-refractivity contribution in [1.29, 1.82) is 0 Å². The molecule has 1 rings (SSSR count). The molecule has 0 aliphatic carbocycles. The van der Waals surface area contributed by atoms with Gasteiger partial charge in [0.25, 0.3) is 0 Å². The first-order chi connectivity index (χ1) is 9.02. The van der Waals surface area contributed by atoms with Crippen LogP contribution in [-0.4, -0.2) is 18.8 Å². The molecule has 1 unspecified atom stereocenters. The Kier molecular flexibility index (Phi) is 6.20. The van der Waals surface area contributed by atoms with E-state index in [1.807, 2.05) is 13.8 Å². The third-order valence-electron chi connectivity index (χ3n) is 3.87. The van der Waals surface area contributed by atoms with Crippen molar-refractivity contribution in [3.05, 3.63) is 34.6 Å². The van der Waals surface area contributed by atoms with Gasteiger partial charge in [0.15, 0.2) is 0 Å². The van der Waals surface area contributed by atoms with Crippen molar-refractivity contribution >= 4 is 11.6 Å². The third kappa shape index (κ3) is 3.66. The lowest BCUT2D eigenvalue weighted by atomic mass is 9.84. The summed E-state index contributed by atoms with van der Waals surface area (Å²) in [5.41, 5.74) is 2.88. The number of nitrogens with two attached hydrogens (primary N) is 1. The molecule has 0 aromatic heterocycles. The Morgan fingerprint density at radius 2 is 2.05 bits per heavy atom. The van der Waals surface area contributed by atoms with Gasteiger partial charge in [-0.05, 0) is 43.0 Å². The zero-order valence-electron chi connectivity index (χ0n) is 11.7. The number of nitrogens with one attached hydrogen (secondary N) is 1. The van der Waals surface area contributed by atoms with E-state index in [4.69, 9.17) is 22.2 Å². The summed E-state index contributed by atoms with van der Waals surface area (Å²) in [5, 5.41) is 0.517. The van der Waals surface area contributed by atoms with Crippen LogP contribution in [0.4, 0.5) is 4.39 Å². The fourth-order valence-electron chi connectivity index (χ4n) is 2.49. The van der Waals surface area contributed by atoms with Gasteiger partial charge in [0, 0.05) is 12.1 Å². The lowest BCUT2D eigenvalue weighted by Crippen LogP contribution is -2.55. The first-order valence-corrected chi connectivity index (χ1v) is 6.86. The molecule has 0 saturated carbocycles. The summed E-state index contributed by atoms with van der Waals surface area (Å²) in [6.45, 7) is 4.07. The molecule has 108 valence electrons. The van der Waals surface area contributed by atoms with Gasteiger partial charge in [-0.3, -0.25) is 11.3 Å². The molecule has 0 spiro atoms. The van der Waals surface area contributed by atoms with Crippen LogP contribution in [0.3, 0.4) is 0 Å². The molecule has 0 radical (unpaired) electrons. The SMILES string of the molecule is CCC(CC)(OC)C(Cc1cc(Cl)ccc1F)NN. The zero-order valence-corrected chi connectivity index (χ0v) is 12.4. The molecule has 5 heteroatoms. The van der Waals surface area contributed by atoms with Crippen molar-refractivity contribution in [2.24, 2.45) is 5.84 Å². The van der Waals surface area contributed by atoms with Crippen LogP contribution in [0.1, 0.15) is 32.3 Å². The molecule has 3 nitrogen and oxygen atoms in total. The first-order valence-electron chi connectivity index (χ1n) is 6.48. The van der Waals surface area contributed by atoms with E-state index in [0.717, 1.165) is 12.8 Å². The van der Waals surface area contributed by atoms with Crippen molar-refractivity contribution in [1.82, 2.24) is 5.43 Å². The predicted molar refractivity (Wildman–Crippen MR) is 76.5 cm³/mol. The van der Waals surface area contributed by atoms with Gasteiger partial charge in [0.1, 0.15) is 5.82 Å². The van der Waals surface area contributed by atoms with E-state index >= 15 is 0 Å². The Morgan fingerprint density at radius 1 is 1.42 bits per heavy atom. The normalized spacial score (nSPS) is 13.6. The van der Waals surface area contributed by atoms with E-state index in [0.29, 0.717) is 17.0 Å². The lowest BCUT2D eigenvalue weighted by molar-refractivity contribution is -0.0474. The predicted octanol–water partition coefficient (Wildman–Crippen LogP) is 3.06. The van der Waals surface area contributed by atoms with Crippen LogP contribution in [0, 0.1) is 5.82 Å². The molecule has 3 N–H and O–H groups in total. The summed E-state index contributed by atoms with van der Waals surface area (Å²) >= 11 is 5.91. The Hall–Kier alpha value is -0.680. The number of methoxy groups -OCH3 is 1. The number of hydrogen-bond donors (Lipinski definition) is 2. The fourth-order valence-corrected chi connectivity index (χ4v) is 2.68. The van der Waals surface area contributed by atoms with Gasteiger partial charge < -0.3 is 4.74 Å². The molecule has 1 aromatic rings. The maximum Gasteiger partial charge on any atom is 0.126 e. The second kappa shape index (κ2) is 7.20. The summed E-state index contributed by atoms with van der Waals surface area (Å²) in [6, 6.07) is 4.36. The molecule has 0 heterocycles. The lowest BCUT2D eigenvalue weighted by Gasteiger charge is -2.38. The topological polar surface area (TPSA) is 47.3 Å². The summed E-state index contributed by atoms with van der Waals surface area (Å²) in [6.07, 6.45) is 2.01. The molecule has 0 bridgehead atoms. The van der Waals surface area contributed by atoms with Crippen LogP contribution >= 0.6 is 11.6 Å². The molecule has 0 fully saturated rings. The average molecular weight is 289 g/mol. The Labute approximate surface area is 119 Å². The van der Waals surface area contributed by atoms with Crippen molar-refractivity contribution in [3.8, 4) is 0 Å². The van der Waals surface area contributed by atoms with Gasteiger partial charge in [0.05, 0.1) is 11.6 Å².